The van der Waals surface area contributed by atoms with Crippen molar-refractivity contribution < 1.29 is 14.0 Å². The zero-order valence-electron chi connectivity index (χ0n) is 12.7. The number of anilines is 2. The van der Waals surface area contributed by atoms with Gasteiger partial charge in [-0.2, -0.15) is 0 Å². The summed E-state index contributed by atoms with van der Waals surface area (Å²) in [6.07, 6.45) is 0. The van der Waals surface area contributed by atoms with Crippen LogP contribution in [0.15, 0.2) is 46.9 Å². The summed E-state index contributed by atoms with van der Waals surface area (Å²) in [5, 5.41) is 5.44. The lowest BCUT2D eigenvalue weighted by atomic mass is 10.2. The maximum atomic E-state index is 13.2. The van der Waals surface area contributed by atoms with Crippen molar-refractivity contribution in [2.24, 2.45) is 5.92 Å². The van der Waals surface area contributed by atoms with Crippen molar-refractivity contribution in [3.05, 3.63) is 58.3 Å². The van der Waals surface area contributed by atoms with E-state index in [4.69, 9.17) is 0 Å². The fourth-order valence-corrected chi connectivity index (χ4v) is 2.22. The van der Waals surface area contributed by atoms with Crippen molar-refractivity contribution in [1.82, 2.24) is 0 Å². The average Bonchev–Trinajstić information content (AvgIpc) is 2.51. The quantitative estimate of drug-likeness (QED) is 0.826. The fourth-order valence-electron chi connectivity index (χ4n) is 1.79. The molecule has 0 saturated carbocycles. The first-order chi connectivity index (χ1) is 10.9. The SMILES string of the molecule is CC(C)C(=O)Nc1ccc(NC(=O)c2cc(F)ccc2Br)cc1. The number of rotatable bonds is 4. The second-order valence-electron chi connectivity index (χ2n) is 5.30. The van der Waals surface area contributed by atoms with Gasteiger partial charge in [0.25, 0.3) is 5.91 Å². The minimum absolute atomic E-state index is 0.0783. The van der Waals surface area contributed by atoms with Crippen LogP contribution in [0.3, 0.4) is 0 Å². The van der Waals surface area contributed by atoms with E-state index in [0.717, 1.165) is 6.07 Å². The van der Waals surface area contributed by atoms with E-state index in [-0.39, 0.29) is 17.4 Å². The predicted molar refractivity (Wildman–Crippen MR) is 92.0 cm³/mol. The van der Waals surface area contributed by atoms with Gasteiger partial charge in [-0.05, 0) is 58.4 Å². The smallest absolute Gasteiger partial charge is 0.256 e. The van der Waals surface area contributed by atoms with E-state index in [1.807, 2.05) is 0 Å². The molecule has 2 amide bonds. The first-order valence-corrected chi connectivity index (χ1v) is 7.83. The van der Waals surface area contributed by atoms with Crippen LogP contribution in [-0.2, 0) is 4.79 Å². The number of amides is 2. The summed E-state index contributed by atoms with van der Waals surface area (Å²) in [5.74, 6) is -1.09. The second kappa shape index (κ2) is 7.37. The van der Waals surface area contributed by atoms with Crippen molar-refractivity contribution in [1.29, 1.82) is 0 Å². The maximum Gasteiger partial charge on any atom is 0.256 e. The first-order valence-electron chi connectivity index (χ1n) is 7.04. The molecule has 0 unspecified atom stereocenters. The summed E-state index contributed by atoms with van der Waals surface area (Å²) >= 11 is 3.22. The predicted octanol–water partition coefficient (Wildman–Crippen LogP) is 4.44. The van der Waals surface area contributed by atoms with Crippen molar-refractivity contribution >= 4 is 39.1 Å². The molecule has 0 aromatic heterocycles. The summed E-state index contributed by atoms with van der Waals surface area (Å²) in [6.45, 7) is 3.61. The number of carbonyl (C=O) groups is 2. The Bertz CT molecular complexity index is 730. The van der Waals surface area contributed by atoms with Crippen molar-refractivity contribution in [3.63, 3.8) is 0 Å². The minimum atomic E-state index is -0.481. The van der Waals surface area contributed by atoms with Crippen molar-refractivity contribution in [2.45, 2.75) is 13.8 Å². The zero-order chi connectivity index (χ0) is 17.0. The molecule has 0 spiro atoms. The molecule has 4 nitrogen and oxygen atoms in total. The van der Waals surface area contributed by atoms with E-state index in [9.17, 15) is 14.0 Å². The minimum Gasteiger partial charge on any atom is -0.326 e. The molecule has 0 radical (unpaired) electrons. The molecule has 6 heteroatoms. The van der Waals surface area contributed by atoms with Gasteiger partial charge in [-0.1, -0.05) is 13.8 Å². The third-order valence-electron chi connectivity index (χ3n) is 3.11. The van der Waals surface area contributed by atoms with Crippen molar-refractivity contribution in [2.75, 3.05) is 10.6 Å². The Morgan fingerprint density at radius 3 is 2.13 bits per heavy atom. The maximum absolute atomic E-state index is 13.2. The Hall–Kier alpha value is -2.21. The van der Waals surface area contributed by atoms with E-state index in [2.05, 4.69) is 26.6 Å². The van der Waals surface area contributed by atoms with Crippen LogP contribution in [0.25, 0.3) is 0 Å². The average molecular weight is 379 g/mol. The highest BCUT2D eigenvalue weighted by molar-refractivity contribution is 9.10. The summed E-state index contributed by atoms with van der Waals surface area (Å²) < 4.78 is 13.8. The van der Waals surface area contributed by atoms with Gasteiger partial charge in [0.1, 0.15) is 5.82 Å². The molecule has 0 heterocycles. The number of halogens is 2. The molecule has 0 aliphatic heterocycles. The Kier molecular flexibility index (Phi) is 5.50. The monoisotopic (exact) mass is 378 g/mol. The molecule has 0 atom stereocenters. The van der Waals surface area contributed by atoms with E-state index in [0.29, 0.717) is 15.8 Å². The van der Waals surface area contributed by atoms with E-state index in [1.165, 1.54) is 12.1 Å². The number of carbonyl (C=O) groups excluding carboxylic acids is 2. The molecule has 2 rings (SSSR count). The van der Waals surface area contributed by atoms with Gasteiger partial charge < -0.3 is 10.6 Å². The molecule has 0 aliphatic carbocycles. The molecular formula is C17H16BrFN2O2. The zero-order valence-corrected chi connectivity index (χ0v) is 14.3. The van der Waals surface area contributed by atoms with Crippen molar-refractivity contribution in [3.8, 4) is 0 Å². The van der Waals surface area contributed by atoms with Gasteiger partial charge in [0.2, 0.25) is 5.91 Å². The fraction of sp³-hybridized carbons (Fsp3) is 0.176. The van der Waals surface area contributed by atoms with Crippen LogP contribution in [0.4, 0.5) is 15.8 Å². The summed E-state index contributed by atoms with van der Waals surface area (Å²) in [5.41, 5.74) is 1.41. The van der Waals surface area contributed by atoms with Crippen LogP contribution < -0.4 is 10.6 Å². The Morgan fingerprint density at radius 1 is 1.00 bits per heavy atom. The Labute approximate surface area is 142 Å². The Balaban J connectivity index is 2.07. The Morgan fingerprint density at radius 2 is 1.57 bits per heavy atom. The largest absolute Gasteiger partial charge is 0.326 e. The molecule has 23 heavy (non-hydrogen) atoms. The molecule has 0 saturated heterocycles. The lowest BCUT2D eigenvalue weighted by Gasteiger charge is -2.10. The van der Waals surface area contributed by atoms with Gasteiger partial charge in [-0.3, -0.25) is 9.59 Å². The lowest BCUT2D eigenvalue weighted by Crippen LogP contribution is -2.17. The van der Waals surface area contributed by atoms with Crippen LogP contribution in [-0.4, -0.2) is 11.8 Å². The molecular weight excluding hydrogens is 363 g/mol. The molecule has 0 fully saturated rings. The highest BCUT2D eigenvalue weighted by atomic mass is 79.9. The molecule has 2 N–H and O–H groups in total. The number of hydrogen-bond donors (Lipinski definition) is 2. The van der Waals surface area contributed by atoms with Gasteiger partial charge in [-0.25, -0.2) is 4.39 Å². The van der Waals surface area contributed by atoms with Gasteiger partial charge in [-0.15, -0.1) is 0 Å². The third kappa shape index (κ3) is 4.63. The standard InChI is InChI=1S/C17H16BrFN2O2/c1-10(2)16(22)20-12-4-6-13(7-5-12)21-17(23)14-9-11(19)3-8-15(14)18/h3-10H,1-2H3,(H,20,22)(H,21,23). The molecule has 120 valence electrons. The number of nitrogens with one attached hydrogen (secondary N) is 2. The van der Waals surface area contributed by atoms with E-state index >= 15 is 0 Å². The lowest BCUT2D eigenvalue weighted by molar-refractivity contribution is -0.118. The van der Waals surface area contributed by atoms with Crippen LogP contribution >= 0.6 is 15.9 Å². The summed E-state index contributed by atoms with van der Waals surface area (Å²) in [7, 11) is 0. The molecule has 2 aromatic rings. The van der Waals surface area contributed by atoms with Crippen LogP contribution in [0.1, 0.15) is 24.2 Å². The first kappa shape index (κ1) is 17.1. The second-order valence-corrected chi connectivity index (χ2v) is 6.15. The number of benzene rings is 2. The molecule has 0 aliphatic rings. The van der Waals surface area contributed by atoms with Gasteiger partial charge in [0.15, 0.2) is 0 Å². The summed E-state index contributed by atoms with van der Waals surface area (Å²) in [6, 6.07) is 10.6. The molecule has 2 aromatic carbocycles. The van der Waals surface area contributed by atoms with Gasteiger partial charge in [0, 0.05) is 21.8 Å². The third-order valence-corrected chi connectivity index (χ3v) is 3.80. The number of hydrogen-bond acceptors (Lipinski definition) is 2. The van der Waals surface area contributed by atoms with E-state index in [1.54, 1.807) is 38.1 Å². The van der Waals surface area contributed by atoms with Gasteiger partial charge >= 0.3 is 0 Å². The van der Waals surface area contributed by atoms with Crippen LogP contribution in [0, 0.1) is 11.7 Å². The van der Waals surface area contributed by atoms with Crippen LogP contribution in [0.2, 0.25) is 0 Å². The highest BCUT2D eigenvalue weighted by Gasteiger charge is 2.12. The summed E-state index contributed by atoms with van der Waals surface area (Å²) in [4.78, 5) is 23.8. The topological polar surface area (TPSA) is 58.2 Å². The normalized spacial score (nSPS) is 10.5. The highest BCUT2D eigenvalue weighted by Crippen LogP contribution is 2.20. The van der Waals surface area contributed by atoms with E-state index < -0.39 is 11.7 Å². The molecule has 0 bridgehead atoms. The van der Waals surface area contributed by atoms with Gasteiger partial charge in [0.05, 0.1) is 5.56 Å². The van der Waals surface area contributed by atoms with Crippen LogP contribution in [0.5, 0.6) is 0 Å².